The lowest BCUT2D eigenvalue weighted by Gasteiger charge is -2.21. The fourth-order valence-electron chi connectivity index (χ4n) is 3.45. The van der Waals surface area contributed by atoms with Crippen molar-refractivity contribution in [3.63, 3.8) is 0 Å². The second-order valence-electron chi connectivity index (χ2n) is 6.85. The molecule has 4 rings (SSSR count). The second-order valence-corrected chi connectivity index (χ2v) is 6.85. The van der Waals surface area contributed by atoms with E-state index in [-0.39, 0.29) is 11.9 Å². The van der Waals surface area contributed by atoms with E-state index >= 15 is 0 Å². The van der Waals surface area contributed by atoms with Gasteiger partial charge in [-0.2, -0.15) is 0 Å². The number of benzene rings is 3. The van der Waals surface area contributed by atoms with Gasteiger partial charge in [-0.25, -0.2) is 9.37 Å². The zero-order chi connectivity index (χ0) is 20.2. The summed E-state index contributed by atoms with van der Waals surface area (Å²) < 4.78 is 18.9. The first kappa shape index (κ1) is 18.7. The van der Waals surface area contributed by atoms with Crippen molar-refractivity contribution in [2.75, 3.05) is 12.4 Å². The number of methoxy groups -OCH3 is 1. The molecule has 0 amide bonds. The Bertz CT molecular complexity index is 1090. The maximum Gasteiger partial charge on any atom is 0.126 e. The summed E-state index contributed by atoms with van der Waals surface area (Å²) in [6, 6.07) is 20.5. The van der Waals surface area contributed by atoms with E-state index < -0.39 is 0 Å². The third-order valence-electron chi connectivity index (χ3n) is 4.96. The molecule has 0 saturated heterocycles. The van der Waals surface area contributed by atoms with Gasteiger partial charge in [0.05, 0.1) is 25.2 Å². The molecule has 5 heteroatoms. The van der Waals surface area contributed by atoms with Crippen molar-refractivity contribution in [3.8, 4) is 16.9 Å². The molecule has 0 aliphatic heterocycles. The number of imidazole rings is 1. The van der Waals surface area contributed by atoms with Gasteiger partial charge < -0.3 is 15.0 Å². The van der Waals surface area contributed by atoms with Gasteiger partial charge in [0, 0.05) is 17.4 Å². The minimum atomic E-state index is -0.263. The summed E-state index contributed by atoms with van der Waals surface area (Å²) in [5, 5.41) is 3.47. The number of ether oxygens (including phenoxy) is 1. The predicted molar refractivity (Wildman–Crippen MR) is 114 cm³/mol. The summed E-state index contributed by atoms with van der Waals surface area (Å²) in [7, 11) is 1.68. The van der Waals surface area contributed by atoms with Crippen LogP contribution in [0.5, 0.6) is 5.75 Å². The Morgan fingerprint density at radius 3 is 2.52 bits per heavy atom. The molecule has 2 N–H and O–H groups in total. The molecular weight excluding hydrogens is 365 g/mol. The normalized spacial score (nSPS) is 11.8. The minimum Gasteiger partial charge on any atom is -0.496 e. The van der Waals surface area contributed by atoms with Crippen molar-refractivity contribution in [2.24, 2.45) is 0 Å². The summed E-state index contributed by atoms with van der Waals surface area (Å²) in [5.74, 6) is 0.566. The molecule has 1 heterocycles. The molecule has 0 aliphatic rings. The number of hydrogen-bond donors (Lipinski definition) is 2. The average Bonchev–Trinajstić information content (AvgIpc) is 3.28. The van der Waals surface area contributed by atoms with Crippen LogP contribution in [0, 0.1) is 12.7 Å². The molecule has 0 fully saturated rings. The maximum atomic E-state index is 13.3. The van der Waals surface area contributed by atoms with Crippen LogP contribution in [0.1, 0.15) is 22.9 Å². The molecule has 4 aromatic rings. The van der Waals surface area contributed by atoms with Crippen molar-refractivity contribution in [1.82, 2.24) is 9.97 Å². The highest BCUT2D eigenvalue weighted by Gasteiger charge is 2.18. The predicted octanol–water partition coefficient (Wildman–Crippen LogP) is 5.73. The quantitative estimate of drug-likeness (QED) is 0.444. The van der Waals surface area contributed by atoms with Crippen molar-refractivity contribution < 1.29 is 9.13 Å². The van der Waals surface area contributed by atoms with Crippen LogP contribution in [0.25, 0.3) is 11.1 Å². The Kier molecular flexibility index (Phi) is 5.29. The first-order chi connectivity index (χ1) is 14.2. The number of aromatic nitrogens is 2. The first-order valence-corrected chi connectivity index (χ1v) is 9.40. The average molecular weight is 387 g/mol. The van der Waals surface area contributed by atoms with Gasteiger partial charge in [0.15, 0.2) is 0 Å². The van der Waals surface area contributed by atoms with Gasteiger partial charge >= 0.3 is 0 Å². The Hall–Kier alpha value is -3.60. The highest BCUT2D eigenvalue weighted by molar-refractivity contribution is 5.74. The van der Waals surface area contributed by atoms with E-state index in [2.05, 4.69) is 46.5 Å². The van der Waals surface area contributed by atoms with Crippen LogP contribution in [-0.2, 0) is 0 Å². The molecule has 1 unspecified atom stereocenters. The van der Waals surface area contributed by atoms with Crippen molar-refractivity contribution in [3.05, 3.63) is 102 Å². The molecule has 1 aromatic heterocycles. The van der Waals surface area contributed by atoms with Crippen molar-refractivity contribution in [1.29, 1.82) is 0 Å². The van der Waals surface area contributed by atoms with E-state index in [1.807, 2.05) is 24.4 Å². The van der Waals surface area contributed by atoms with Crippen LogP contribution >= 0.6 is 0 Å². The Morgan fingerprint density at radius 2 is 1.79 bits per heavy atom. The molecule has 1 atom stereocenters. The Balaban J connectivity index is 1.78. The summed E-state index contributed by atoms with van der Waals surface area (Å²) >= 11 is 0. The van der Waals surface area contributed by atoms with Crippen LogP contribution in [0.15, 0.2) is 79.3 Å². The van der Waals surface area contributed by atoms with Gasteiger partial charge in [-0.3, -0.25) is 0 Å². The lowest BCUT2D eigenvalue weighted by Crippen LogP contribution is -2.13. The molecular formula is C24H22FN3O. The van der Waals surface area contributed by atoms with Gasteiger partial charge in [0.1, 0.15) is 11.6 Å². The molecule has 0 saturated carbocycles. The number of para-hydroxylation sites is 1. The standard InChI is InChI=1S/C24H22FN3O/c1-16-7-8-17(13-21(16)20-5-3-4-6-23(20)29-2)24(22-14-26-15-27-22)28-19-11-9-18(25)10-12-19/h3-15,24,28H,1-2H3,(H,26,27). The monoisotopic (exact) mass is 387 g/mol. The Morgan fingerprint density at radius 1 is 1.00 bits per heavy atom. The lowest BCUT2D eigenvalue weighted by atomic mass is 9.94. The molecule has 0 spiro atoms. The highest BCUT2D eigenvalue weighted by Crippen LogP contribution is 2.35. The zero-order valence-electron chi connectivity index (χ0n) is 16.3. The SMILES string of the molecule is COc1ccccc1-c1cc(C(Nc2ccc(F)cc2)c2c[nH]cn2)ccc1C. The number of H-pyrrole nitrogens is 1. The van der Waals surface area contributed by atoms with Crippen LogP contribution < -0.4 is 10.1 Å². The zero-order valence-corrected chi connectivity index (χ0v) is 16.3. The first-order valence-electron chi connectivity index (χ1n) is 9.40. The fraction of sp³-hybridized carbons (Fsp3) is 0.125. The summed E-state index contributed by atoms with van der Waals surface area (Å²) in [5.41, 5.74) is 6.01. The Labute approximate surface area is 169 Å². The van der Waals surface area contributed by atoms with Gasteiger partial charge in [0.25, 0.3) is 0 Å². The van der Waals surface area contributed by atoms with Crippen molar-refractivity contribution >= 4 is 5.69 Å². The minimum absolute atomic E-state index is 0.194. The lowest BCUT2D eigenvalue weighted by molar-refractivity contribution is 0.416. The number of aryl methyl sites for hydroxylation is 1. The van der Waals surface area contributed by atoms with E-state index in [0.717, 1.165) is 39.4 Å². The van der Waals surface area contributed by atoms with Crippen LogP contribution in [0.3, 0.4) is 0 Å². The molecule has 3 aromatic carbocycles. The van der Waals surface area contributed by atoms with E-state index in [1.165, 1.54) is 12.1 Å². The number of anilines is 1. The maximum absolute atomic E-state index is 13.3. The van der Waals surface area contributed by atoms with Gasteiger partial charge in [0.2, 0.25) is 0 Å². The molecule has 146 valence electrons. The third-order valence-corrected chi connectivity index (χ3v) is 4.96. The van der Waals surface area contributed by atoms with Crippen LogP contribution in [-0.4, -0.2) is 17.1 Å². The fourth-order valence-corrected chi connectivity index (χ4v) is 3.45. The van der Waals surface area contributed by atoms with Gasteiger partial charge in [-0.1, -0.05) is 30.3 Å². The second kappa shape index (κ2) is 8.19. The number of halogens is 1. The molecule has 29 heavy (non-hydrogen) atoms. The number of rotatable bonds is 6. The van der Waals surface area contributed by atoms with Crippen LogP contribution in [0.4, 0.5) is 10.1 Å². The van der Waals surface area contributed by atoms with E-state index in [4.69, 9.17) is 4.74 Å². The topological polar surface area (TPSA) is 49.9 Å². The summed E-state index contributed by atoms with van der Waals surface area (Å²) in [6.07, 6.45) is 3.52. The van der Waals surface area contributed by atoms with E-state index in [9.17, 15) is 4.39 Å². The summed E-state index contributed by atoms with van der Waals surface area (Å²) in [4.78, 5) is 7.47. The summed E-state index contributed by atoms with van der Waals surface area (Å²) in [6.45, 7) is 2.09. The number of nitrogens with one attached hydrogen (secondary N) is 2. The van der Waals surface area contributed by atoms with Gasteiger partial charge in [-0.05, 0) is 60.0 Å². The smallest absolute Gasteiger partial charge is 0.126 e. The molecule has 0 radical (unpaired) electrons. The van der Waals surface area contributed by atoms with Crippen molar-refractivity contribution in [2.45, 2.75) is 13.0 Å². The molecule has 0 bridgehead atoms. The highest BCUT2D eigenvalue weighted by atomic mass is 19.1. The third kappa shape index (κ3) is 3.99. The number of nitrogens with zero attached hydrogens (tertiary/aromatic N) is 1. The number of hydrogen-bond acceptors (Lipinski definition) is 3. The molecule has 0 aliphatic carbocycles. The van der Waals surface area contributed by atoms with E-state index in [1.54, 1.807) is 25.6 Å². The number of aromatic amines is 1. The van der Waals surface area contributed by atoms with Crippen LogP contribution in [0.2, 0.25) is 0 Å². The van der Waals surface area contributed by atoms with Gasteiger partial charge in [-0.15, -0.1) is 0 Å². The largest absolute Gasteiger partial charge is 0.496 e. The molecule has 4 nitrogen and oxygen atoms in total. The van der Waals surface area contributed by atoms with E-state index in [0.29, 0.717) is 0 Å².